The van der Waals surface area contributed by atoms with E-state index in [1.54, 1.807) is 23.1 Å². The Balaban J connectivity index is 1.71. The van der Waals surface area contributed by atoms with Crippen LogP contribution in [-0.2, 0) is 4.74 Å². The smallest absolute Gasteiger partial charge is 0.285 e. The number of primary amides is 1. The third-order valence-electron chi connectivity index (χ3n) is 4.54. The number of rotatable bonds is 3. The predicted molar refractivity (Wildman–Crippen MR) is 96.9 cm³/mol. The van der Waals surface area contributed by atoms with Crippen LogP contribution in [-0.4, -0.2) is 43.0 Å². The van der Waals surface area contributed by atoms with E-state index >= 15 is 0 Å². The van der Waals surface area contributed by atoms with E-state index in [1.165, 1.54) is 0 Å². The van der Waals surface area contributed by atoms with Gasteiger partial charge in [0.05, 0.1) is 13.2 Å². The molecule has 0 bridgehead atoms. The van der Waals surface area contributed by atoms with Crippen molar-refractivity contribution in [3.05, 3.63) is 59.9 Å². The molecule has 3 aromatic rings. The molecular weight excluding hydrogens is 332 g/mol. The fourth-order valence-corrected chi connectivity index (χ4v) is 3.23. The number of hydrogen-bond donors (Lipinski definition) is 1. The van der Waals surface area contributed by atoms with Gasteiger partial charge in [0.25, 0.3) is 11.8 Å². The lowest BCUT2D eigenvalue weighted by Crippen LogP contribution is -2.40. The molecule has 0 radical (unpaired) electrons. The summed E-state index contributed by atoms with van der Waals surface area (Å²) in [7, 11) is 0. The summed E-state index contributed by atoms with van der Waals surface area (Å²) in [6.45, 7) is 2.32. The number of morpholine rings is 1. The van der Waals surface area contributed by atoms with E-state index in [2.05, 4.69) is 0 Å². The van der Waals surface area contributed by atoms with Gasteiger partial charge in [-0.3, -0.25) is 9.59 Å². The normalized spacial score (nSPS) is 14.5. The number of benzene rings is 2. The van der Waals surface area contributed by atoms with E-state index in [0.717, 1.165) is 10.9 Å². The Morgan fingerprint density at radius 3 is 2.35 bits per heavy atom. The van der Waals surface area contributed by atoms with Gasteiger partial charge in [-0.25, -0.2) is 0 Å². The van der Waals surface area contributed by atoms with Crippen molar-refractivity contribution in [2.24, 2.45) is 5.73 Å². The molecule has 1 aliphatic heterocycles. The summed E-state index contributed by atoms with van der Waals surface area (Å²) in [6.07, 6.45) is 0. The molecule has 1 aromatic heterocycles. The van der Waals surface area contributed by atoms with E-state index in [4.69, 9.17) is 14.9 Å². The van der Waals surface area contributed by atoms with Crippen molar-refractivity contribution in [3.63, 3.8) is 0 Å². The lowest BCUT2D eigenvalue weighted by Gasteiger charge is -2.26. The van der Waals surface area contributed by atoms with Crippen molar-refractivity contribution < 1.29 is 18.7 Å². The zero-order valence-electron chi connectivity index (χ0n) is 14.1. The Labute approximate surface area is 150 Å². The monoisotopic (exact) mass is 350 g/mol. The molecule has 0 spiro atoms. The first kappa shape index (κ1) is 16.4. The van der Waals surface area contributed by atoms with Crippen LogP contribution in [0.2, 0.25) is 0 Å². The van der Waals surface area contributed by atoms with Crippen molar-refractivity contribution in [3.8, 4) is 11.1 Å². The van der Waals surface area contributed by atoms with Gasteiger partial charge in [0.15, 0.2) is 5.76 Å². The lowest BCUT2D eigenvalue weighted by molar-refractivity contribution is 0.0303. The molecule has 2 heterocycles. The van der Waals surface area contributed by atoms with Crippen molar-refractivity contribution in [1.29, 1.82) is 0 Å². The third kappa shape index (κ3) is 2.84. The van der Waals surface area contributed by atoms with Crippen LogP contribution < -0.4 is 5.73 Å². The standard InChI is InChI=1S/C20H18N2O4/c21-19(23)18-17(15-3-1-2-4-16(15)26-18)13-5-7-14(8-6-13)20(24)22-9-11-25-12-10-22/h1-8H,9-12H2,(H2,21,23). The molecule has 0 saturated carbocycles. The number of carbonyl (C=O) groups excluding carboxylic acids is 2. The van der Waals surface area contributed by atoms with Crippen LogP contribution in [0.3, 0.4) is 0 Å². The molecule has 2 amide bonds. The Morgan fingerprint density at radius 2 is 1.65 bits per heavy atom. The number of amides is 2. The average molecular weight is 350 g/mol. The van der Waals surface area contributed by atoms with E-state index in [9.17, 15) is 9.59 Å². The van der Waals surface area contributed by atoms with Gasteiger partial charge in [-0.05, 0) is 23.8 Å². The summed E-state index contributed by atoms with van der Waals surface area (Å²) in [5.74, 6) is -0.518. The zero-order valence-corrected chi connectivity index (χ0v) is 14.1. The molecule has 0 unspecified atom stereocenters. The molecule has 0 aliphatic carbocycles. The minimum atomic E-state index is -0.621. The molecule has 0 atom stereocenters. The number of ether oxygens (including phenoxy) is 1. The van der Waals surface area contributed by atoms with Crippen LogP contribution in [0, 0.1) is 0 Å². The number of nitrogens with zero attached hydrogens (tertiary/aromatic N) is 1. The second-order valence-electron chi connectivity index (χ2n) is 6.15. The van der Waals surface area contributed by atoms with E-state index in [-0.39, 0.29) is 11.7 Å². The number of carbonyl (C=O) groups is 2. The van der Waals surface area contributed by atoms with Gasteiger partial charge < -0.3 is 19.8 Å². The highest BCUT2D eigenvalue weighted by molar-refractivity contribution is 6.07. The highest BCUT2D eigenvalue weighted by Gasteiger charge is 2.21. The summed E-state index contributed by atoms with van der Waals surface area (Å²) in [6, 6.07) is 14.6. The molecule has 2 N–H and O–H groups in total. The van der Waals surface area contributed by atoms with E-state index in [1.807, 2.05) is 30.3 Å². The molecule has 6 heteroatoms. The van der Waals surface area contributed by atoms with Gasteiger partial charge in [-0.2, -0.15) is 0 Å². The van der Waals surface area contributed by atoms with Crippen molar-refractivity contribution in [2.75, 3.05) is 26.3 Å². The predicted octanol–water partition coefficient (Wildman–Crippen LogP) is 2.67. The highest BCUT2D eigenvalue weighted by Crippen LogP contribution is 2.34. The van der Waals surface area contributed by atoms with Gasteiger partial charge in [-0.15, -0.1) is 0 Å². The second kappa shape index (κ2) is 6.65. The Morgan fingerprint density at radius 1 is 0.962 bits per heavy atom. The van der Waals surface area contributed by atoms with E-state index < -0.39 is 5.91 Å². The summed E-state index contributed by atoms with van der Waals surface area (Å²) in [5, 5.41) is 0.813. The largest absolute Gasteiger partial charge is 0.450 e. The first-order valence-corrected chi connectivity index (χ1v) is 8.44. The molecule has 1 saturated heterocycles. The molecule has 1 aliphatic rings. The minimum Gasteiger partial charge on any atom is -0.450 e. The number of nitrogens with two attached hydrogens (primary N) is 1. The Bertz CT molecular complexity index is 969. The zero-order chi connectivity index (χ0) is 18.1. The van der Waals surface area contributed by atoms with Crippen molar-refractivity contribution in [2.45, 2.75) is 0 Å². The van der Waals surface area contributed by atoms with Crippen LogP contribution in [0.5, 0.6) is 0 Å². The molecule has 26 heavy (non-hydrogen) atoms. The minimum absolute atomic E-state index is 0.0213. The average Bonchev–Trinajstić information content (AvgIpc) is 3.08. The van der Waals surface area contributed by atoms with Crippen LogP contribution in [0.25, 0.3) is 22.1 Å². The second-order valence-corrected chi connectivity index (χ2v) is 6.15. The van der Waals surface area contributed by atoms with Crippen LogP contribution in [0.1, 0.15) is 20.9 Å². The van der Waals surface area contributed by atoms with Crippen LogP contribution in [0.15, 0.2) is 52.9 Å². The SMILES string of the molecule is NC(=O)c1oc2ccccc2c1-c1ccc(C(=O)N2CCOCC2)cc1. The van der Waals surface area contributed by atoms with Gasteiger partial charge >= 0.3 is 0 Å². The molecule has 4 rings (SSSR count). The van der Waals surface area contributed by atoms with Crippen molar-refractivity contribution >= 4 is 22.8 Å². The van der Waals surface area contributed by atoms with Gasteiger partial charge in [0.2, 0.25) is 0 Å². The quantitative estimate of drug-likeness (QED) is 0.787. The lowest BCUT2D eigenvalue weighted by atomic mass is 10.00. The Kier molecular flexibility index (Phi) is 4.18. The number of fused-ring (bicyclic) bond motifs is 1. The first-order valence-electron chi connectivity index (χ1n) is 8.44. The maximum absolute atomic E-state index is 12.6. The Hall–Kier alpha value is -3.12. The highest BCUT2D eigenvalue weighted by atomic mass is 16.5. The third-order valence-corrected chi connectivity index (χ3v) is 4.54. The molecule has 1 fully saturated rings. The van der Waals surface area contributed by atoms with Crippen LogP contribution >= 0.6 is 0 Å². The van der Waals surface area contributed by atoms with E-state index in [0.29, 0.717) is 43.0 Å². The fourth-order valence-electron chi connectivity index (χ4n) is 3.23. The summed E-state index contributed by atoms with van der Waals surface area (Å²) in [4.78, 5) is 26.1. The van der Waals surface area contributed by atoms with Gasteiger partial charge in [0.1, 0.15) is 5.58 Å². The number of hydrogen-bond acceptors (Lipinski definition) is 4. The summed E-state index contributed by atoms with van der Waals surface area (Å²) in [5.41, 5.74) is 8.12. The van der Waals surface area contributed by atoms with Crippen molar-refractivity contribution in [1.82, 2.24) is 4.90 Å². The molecule has 132 valence electrons. The summed E-state index contributed by atoms with van der Waals surface area (Å²) >= 11 is 0. The number of furan rings is 1. The topological polar surface area (TPSA) is 85.8 Å². The molecule has 6 nitrogen and oxygen atoms in total. The fraction of sp³-hybridized carbons (Fsp3) is 0.200. The summed E-state index contributed by atoms with van der Waals surface area (Å²) < 4.78 is 10.9. The van der Waals surface area contributed by atoms with Gasteiger partial charge in [0, 0.05) is 29.6 Å². The van der Waals surface area contributed by atoms with Gasteiger partial charge in [-0.1, -0.05) is 30.3 Å². The maximum atomic E-state index is 12.6. The van der Waals surface area contributed by atoms with Crippen LogP contribution in [0.4, 0.5) is 0 Å². The molecular formula is C20H18N2O4. The first-order chi connectivity index (χ1) is 12.6. The number of para-hydroxylation sites is 1. The molecule has 2 aromatic carbocycles. The maximum Gasteiger partial charge on any atom is 0.285 e.